The van der Waals surface area contributed by atoms with Crippen LogP contribution in [0.2, 0.25) is 0 Å². The smallest absolute Gasteiger partial charge is 0.317 e. The number of nitrogens with one attached hydrogen (secondary N) is 2. The third kappa shape index (κ3) is 4.40. The van der Waals surface area contributed by atoms with E-state index in [1.165, 1.54) is 4.90 Å². The molecule has 3 amide bonds. The number of aromatic nitrogens is 2. The van der Waals surface area contributed by atoms with Crippen LogP contribution in [0, 0.1) is 11.8 Å². The minimum atomic E-state index is -0.109. The SMILES string of the molecule is CC(C)[C@@H]1CN(C(=O)CCc2nc3ccccc3[nH]2)C[C@H]1NC(=O)N(C)C. The van der Waals surface area contributed by atoms with E-state index in [9.17, 15) is 9.59 Å². The number of carbonyl (C=O) groups excluding carboxylic acids is 2. The summed E-state index contributed by atoms with van der Waals surface area (Å²) in [5.74, 6) is 1.61. The van der Waals surface area contributed by atoms with Gasteiger partial charge in [-0.25, -0.2) is 9.78 Å². The van der Waals surface area contributed by atoms with Crippen LogP contribution in [0.15, 0.2) is 24.3 Å². The van der Waals surface area contributed by atoms with Crippen LogP contribution in [0.5, 0.6) is 0 Å². The molecule has 1 saturated heterocycles. The number of fused-ring (bicyclic) bond motifs is 1. The van der Waals surface area contributed by atoms with Gasteiger partial charge in [0.2, 0.25) is 5.91 Å². The zero-order valence-corrected chi connectivity index (χ0v) is 16.5. The molecular weight excluding hydrogens is 342 g/mol. The lowest BCUT2D eigenvalue weighted by molar-refractivity contribution is -0.130. The quantitative estimate of drug-likeness (QED) is 0.846. The third-order valence-corrected chi connectivity index (χ3v) is 5.30. The lowest BCUT2D eigenvalue weighted by Gasteiger charge is -2.24. The van der Waals surface area contributed by atoms with E-state index in [0.717, 1.165) is 16.9 Å². The second-order valence-electron chi connectivity index (χ2n) is 7.86. The Morgan fingerprint density at radius 1 is 1.30 bits per heavy atom. The summed E-state index contributed by atoms with van der Waals surface area (Å²) in [4.78, 5) is 36.0. The number of imidazole rings is 1. The summed E-state index contributed by atoms with van der Waals surface area (Å²) in [6.45, 7) is 5.54. The van der Waals surface area contributed by atoms with Gasteiger partial charge in [-0.15, -0.1) is 0 Å². The largest absolute Gasteiger partial charge is 0.342 e. The normalized spacial score (nSPS) is 19.7. The summed E-state index contributed by atoms with van der Waals surface area (Å²) in [6.07, 6.45) is 1.00. The fourth-order valence-electron chi connectivity index (χ4n) is 3.66. The molecule has 1 aliphatic heterocycles. The number of para-hydroxylation sites is 2. The number of urea groups is 1. The van der Waals surface area contributed by atoms with Gasteiger partial charge in [0.05, 0.1) is 17.1 Å². The van der Waals surface area contributed by atoms with Gasteiger partial charge in [-0.2, -0.15) is 0 Å². The maximum absolute atomic E-state index is 12.7. The summed E-state index contributed by atoms with van der Waals surface area (Å²) < 4.78 is 0. The van der Waals surface area contributed by atoms with Gasteiger partial charge in [-0.3, -0.25) is 4.79 Å². The Balaban J connectivity index is 1.59. The van der Waals surface area contributed by atoms with Gasteiger partial charge in [-0.05, 0) is 18.1 Å². The highest BCUT2D eigenvalue weighted by Gasteiger charge is 2.37. The second kappa shape index (κ2) is 7.98. The first-order valence-corrected chi connectivity index (χ1v) is 9.54. The summed E-state index contributed by atoms with van der Waals surface area (Å²) in [5.41, 5.74) is 1.92. The van der Waals surface area contributed by atoms with Gasteiger partial charge in [0.25, 0.3) is 0 Å². The zero-order chi connectivity index (χ0) is 19.6. The fraction of sp³-hybridized carbons (Fsp3) is 0.550. The molecule has 1 aromatic heterocycles. The highest BCUT2D eigenvalue weighted by molar-refractivity contribution is 5.78. The van der Waals surface area contributed by atoms with Crippen molar-refractivity contribution in [1.29, 1.82) is 0 Å². The molecule has 3 rings (SSSR count). The molecule has 1 fully saturated rings. The van der Waals surface area contributed by atoms with E-state index in [1.54, 1.807) is 14.1 Å². The van der Waals surface area contributed by atoms with Crippen LogP contribution in [0.1, 0.15) is 26.1 Å². The fourth-order valence-corrected chi connectivity index (χ4v) is 3.66. The number of H-pyrrole nitrogens is 1. The van der Waals surface area contributed by atoms with Gasteiger partial charge in [-0.1, -0.05) is 26.0 Å². The predicted molar refractivity (Wildman–Crippen MR) is 105 cm³/mol. The molecule has 0 radical (unpaired) electrons. The number of carbonyl (C=O) groups is 2. The van der Waals surface area contributed by atoms with Gasteiger partial charge in [0, 0.05) is 45.9 Å². The number of aryl methyl sites for hydroxylation is 1. The molecule has 0 unspecified atom stereocenters. The number of aromatic amines is 1. The van der Waals surface area contributed by atoms with Crippen LogP contribution in [-0.2, 0) is 11.2 Å². The number of likely N-dealkylation sites (tertiary alicyclic amines) is 1. The van der Waals surface area contributed by atoms with E-state index in [-0.39, 0.29) is 23.9 Å². The second-order valence-corrected chi connectivity index (χ2v) is 7.86. The lowest BCUT2D eigenvalue weighted by atomic mass is 9.91. The molecule has 0 bridgehead atoms. The van der Waals surface area contributed by atoms with E-state index in [4.69, 9.17) is 0 Å². The summed E-state index contributed by atoms with van der Waals surface area (Å²) in [7, 11) is 3.45. The number of nitrogens with zero attached hydrogens (tertiary/aromatic N) is 3. The molecule has 27 heavy (non-hydrogen) atoms. The topological polar surface area (TPSA) is 81.3 Å². The first kappa shape index (κ1) is 19.2. The van der Waals surface area contributed by atoms with Crippen LogP contribution >= 0.6 is 0 Å². The molecule has 2 aromatic rings. The maximum Gasteiger partial charge on any atom is 0.317 e. The minimum absolute atomic E-state index is 0.00458. The van der Waals surface area contributed by atoms with Crippen molar-refractivity contribution in [3.05, 3.63) is 30.1 Å². The van der Waals surface area contributed by atoms with Crippen molar-refractivity contribution < 1.29 is 9.59 Å². The maximum atomic E-state index is 12.7. The Morgan fingerprint density at radius 2 is 2.04 bits per heavy atom. The Morgan fingerprint density at radius 3 is 2.70 bits per heavy atom. The Labute approximate surface area is 160 Å². The van der Waals surface area contributed by atoms with Gasteiger partial charge < -0.3 is 20.1 Å². The van der Waals surface area contributed by atoms with Crippen molar-refractivity contribution in [1.82, 2.24) is 25.1 Å². The first-order chi connectivity index (χ1) is 12.8. The molecule has 146 valence electrons. The van der Waals surface area contributed by atoms with Crippen molar-refractivity contribution in [2.24, 2.45) is 11.8 Å². The summed E-state index contributed by atoms with van der Waals surface area (Å²) in [6, 6.07) is 7.75. The van der Waals surface area contributed by atoms with Crippen molar-refractivity contribution in [3.63, 3.8) is 0 Å². The molecule has 0 spiro atoms. The molecule has 0 aliphatic carbocycles. The van der Waals surface area contributed by atoms with Crippen LogP contribution in [-0.4, -0.2) is 64.9 Å². The molecule has 2 heterocycles. The van der Waals surface area contributed by atoms with E-state index < -0.39 is 0 Å². The minimum Gasteiger partial charge on any atom is -0.342 e. The average molecular weight is 371 g/mol. The molecule has 1 aromatic carbocycles. The first-order valence-electron chi connectivity index (χ1n) is 9.54. The van der Waals surface area contributed by atoms with Crippen LogP contribution in [0.4, 0.5) is 4.79 Å². The highest BCUT2D eigenvalue weighted by Crippen LogP contribution is 2.25. The Kier molecular flexibility index (Phi) is 5.68. The molecule has 7 heteroatoms. The van der Waals surface area contributed by atoms with Crippen LogP contribution in [0.25, 0.3) is 11.0 Å². The predicted octanol–water partition coefficient (Wildman–Crippen LogP) is 2.25. The van der Waals surface area contributed by atoms with Gasteiger partial charge in [0.1, 0.15) is 5.82 Å². The monoisotopic (exact) mass is 371 g/mol. The van der Waals surface area contributed by atoms with Crippen LogP contribution < -0.4 is 5.32 Å². The third-order valence-electron chi connectivity index (χ3n) is 5.30. The molecule has 2 atom stereocenters. The van der Waals surface area contributed by atoms with E-state index in [2.05, 4.69) is 29.1 Å². The van der Waals surface area contributed by atoms with Crippen molar-refractivity contribution in [2.75, 3.05) is 27.2 Å². The summed E-state index contributed by atoms with van der Waals surface area (Å²) >= 11 is 0. The van der Waals surface area contributed by atoms with Crippen LogP contribution in [0.3, 0.4) is 0 Å². The van der Waals surface area contributed by atoms with Crippen molar-refractivity contribution in [2.45, 2.75) is 32.7 Å². The number of amides is 3. The molecule has 2 N–H and O–H groups in total. The number of benzene rings is 1. The van der Waals surface area contributed by atoms with E-state index >= 15 is 0 Å². The number of rotatable bonds is 5. The summed E-state index contributed by atoms with van der Waals surface area (Å²) in [5, 5.41) is 3.06. The zero-order valence-electron chi connectivity index (χ0n) is 16.5. The van der Waals surface area contributed by atoms with Gasteiger partial charge >= 0.3 is 6.03 Å². The standard InChI is InChI=1S/C20H29N5O2/c1-13(2)14-11-25(12-17(14)23-20(27)24(3)4)19(26)10-9-18-21-15-7-5-6-8-16(15)22-18/h5-8,13-14,17H,9-12H2,1-4H3,(H,21,22)(H,23,27)/t14-,17+/m0/s1. The Bertz CT molecular complexity index is 781. The molecule has 0 saturated carbocycles. The number of hydrogen-bond acceptors (Lipinski definition) is 3. The van der Waals surface area contributed by atoms with E-state index in [0.29, 0.717) is 31.8 Å². The lowest BCUT2D eigenvalue weighted by Crippen LogP contribution is -2.46. The highest BCUT2D eigenvalue weighted by atomic mass is 16.2. The molecule has 7 nitrogen and oxygen atoms in total. The van der Waals surface area contributed by atoms with Crippen molar-refractivity contribution in [3.8, 4) is 0 Å². The number of hydrogen-bond donors (Lipinski definition) is 2. The average Bonchev–Trinajstić information content (AvgIpc) is 3.23. The van der Waals surface area contributed by atoms with Crippen molar-refractivity contribution >= 4 is 23.0 Å². The Hall–Kier alpha value is -2.57. The molecular formula is C20H29N5O2. The van der Waals surface area contributed by atoms with E-state index in [1.807, 2.05) is 29.2 Å². The molecule has 1 aliphatic rings. The van der Waals surface area contributed by atoms with Gasteiger partial charge in [0.15, 0.2) is 0 Å².